The van der Waals surface area contributed by atoms with Crippen LogP contribution in [0, 0.1) is 0 Å². The molecule has 0 aromatic heterocycles. The highest BCUT2D eigenvalue weighted by atomic mass is 16.3. The second-order valence-electron chi connectivity index (χ2n) is 5.97. The fourth-order valence-electron chi connectivity index (χ4n) is 3.21. The highest BCUT2D eigenvalue weighted by Gasteiger charge is 2.35. The number of anilines is 2. The van der Waals surface area contributed by atoms with Crippen molar-refractivity contribution in [2.45, 2.75) is 12.3 Å². The zero-order valence-corrected chi connectivity index (χ0v) is 13.4. The second kappa shape index (κ2) is 5.81. The minimum Gasteiger partial charge on any atom is -0.506 e. The zero-order chi connectivity index (χ0) is 17.3. The monoisotopic (exact) mass is 320 g/mol. The van der Waals surface area contributed by atoms with E-state index in [0.717, 1.165) is 16.7 Å². The van der Waals surface area contributed by atoms with Crippen LogP contribution in [-0.2, 0) is 5.41 Å². The molecule has 24 heavy (non-hydrogen) atoms. The molecule has 0 aliphatic carbocycles. The SMILES string of the molecule is CC(c1ccccc1)(c1cccc(O)c1N)c1cccc(O)c1N. The molecule has 0 aliphatic heterocycles. The summed E-state index contributed by atoms with van der Waals surface area (Å²) < 4.78 is 0. The molecule has 0 saturated carbocycles. The zero-order valence-electron chi connectivity index (χ0n) is 13.4. The smallest absolute Gasteiger partial charge is 0.138 e. The van der Waals surface area contributed by atoms with Gasteiger partial charge in [0.05, 0.1) is 11.4 Å². The predicted octanol–water partition coefficient (Wildman–Crippen LogP) is 3.62. The molecule has 3 aromatic carbocycles. The summed E-state index contributed by atoms with van der Waals surface area (Å²) in [5.74, 6) is 0.0433. The van der Waals surface area contributed by atoms with Crippen molar-refractivity contribution in [3.05, 3.63) is 83.4 Å². The normalized spacial score (nSPS) is 11.4. The number of hydrogen-bond acceptors (Lipinski definition) is 4. The number of phenolic OH excluding ortho intramolecular Hbond substituents is 2. The predicted molar refractivity (Wildman–Crippen MR) is 97.0 cm³/mol. The van der Waals surface area contributed by atoms with Crippen LogP contribution in [0.1, 0.15) is 23.6 Å². The summed E-state index contributed by atoms with van der Waals surface area (Å²) in [4.78, 5) is 0. The second-order valence-corrected chi connectivity index (χ2v) is 5.97. The van der Waals surface area contributed by atoms with Crippen LogP contribution in [0.3, 0.4) is 0 Å². The van der Waals surface area contributed by atoms with Crippen molar-refractivity contribution < 1.29 is 10.2 Å². The van der Waals surface area contributed by atoms with E-state index in [1.54, 1.807) is 24.3 Å². The topological polar surface area (TPSA) is 92.5 Å². The van der Waals surface area contributed by atoms with Gasteiger partial charge in [-0.05, 0) is 35.7 Å². The van der Waals surface area contributed by atoms with Gasteiger partial charge in [0.2, 0.25) is 0 Å². The van der Waals surface area contributed by atoms with E-state index in [2.05, 4.69) is 0 Å². The highest BCUT2D eigenvalue weighted by Crippen LogP contribution is 2.46. The Hall–Kier alpha value is -3.14. The van der Waals surface area contributed by atoms with Gasteiger partial charge in [0.25, 0.3) is 0 Å². The molecule has 0 bridgehead atoms. The van der Waals surface area contributed by atoms with Crippen molar-refractivity contribution in [3.8, 4) is 11.5 Å². The lowest BCUT2D eigenvalue weighted by Gasteiger charge is -2.34. The molecule has 0 radical (unpaired) electrons. The van der Waals surface area contributed by atoms with Crippen LogP contribution in [0.4, 0.5) is 11.4 Å². The van der Waals surface area contributed by atoms with E-state index in [1.165, 1.54) is 0 Å². The first-order valence-electron chi connectivity index (χ1n) is 7.67. The summed E-state index contributed by atoms with van der Waals surface area (Å²) in [5.41, 5.74) is 14.6. The van der Waals surface area contributed by atoms with Gasteiger partial charge in [-0.2, -0.15) is 0 Å². The van der Waals surface area contributed by atoms with Gasteiger partial charge in [0.15, 0.2) is 0 Å². The van der Waals surface area contributed by atoms with E-state index in [4.69, 9.17) is 11.5 Å². The van der Waals surface area contributed by atoms with Gasteiger partial charge in [-0.1, -0.05) is 54.6 Å². The maximum atomic E-state index is 10.1. The van der Waals surface area contributed by atoms with Gasteiger partial charge in [0.1, 0.15) is 11.5 Å². The highest BCUT2D eigenvalue weighted by molar-refractivity contribution is 5.71. The van der Waals surface area contributed by atoms with Gasteiger partial charge >= 0.3 is 0 Å². The van der Waals surface area contributed by atoms with Crippen molar-refractivity contribution in [2.75, 3.05) is 11.5 Å². The summed E-state index contributed by atoms with van der Waals surface area (Å²) in [6.07, 6.45) is 0. The molecule has 0 amide bonds. The summed E-state index contributed by atoms with van der Waals surface area (Å²) in [6, 6.07) is 20.1. The number of benzene rings is 3. The molecule has 6 N–H and O–H groups in total. The van der Waals surface area contributed by atoms with Crippen molar-refractivity contribution in [2.24, 2.45) is 0 Å². The van der Waals surface area contributed by atoms with Gasteiger partial charge in [-0.3, -0.25) is 0 Å². The summed E-state index contributed by atoms with van der Waals surface area (Å²) in [7, 11) is 0. The number of phenols is 2. The average Bonchev–Trinajstić information content (AvgIpc) is 2.60. The Balaban J connectivity index is 2.38. The summed E-state index contributed by atoms with van der Waals surface area (Å²) >= 11 is 0. The number of rotatable bonds is 3. The molecule has 0 saturated heterocycles. The van der Waals surface area contributed by atoms with Crippen molar-refractivity contribution in [1.29, 1.82) is 0 Å². The minimum atomic E-state index is -0.729. The molecule has 0 unspecified atom stereocenters. The van der Waals surface area contributed by atoms with E-state index in [-0.39, 0.29) is 11.5 Å². The van der Waals surface area contributed by atoms with Gasteiger partial charge < -0.3 is 21.7 Å². The van der Waals surface area contributed by atoms with Crippen molar-refractivity contribution >= 4 is 11.4 Å². The quantitative estimate of drug-likeness (QED) is 0.337. The van der Waals surface area contributed by atoms with Crippen LogP contribution in [-0.4, -0.2) is 10.2 Å². The van der Waals surface area contributed by atoms with Gasteiger partial charge in [0, 0.05) is 5.41 Å². The molecule has 4 nitrogen and oxygen atoms in total. The van der Waals surface area contributed by atoms with E-state index < -0.39 is 5.41 Å². The van der Waals surface area contributed by atoms with Crippen LogP contribution < -0.4 is 11.5 Å². The van der Waals surface area contributed by atoms with Crippen LogP contribution in [0.15, 0.2) is 66.7 Å². The molecule has 0 aliphatic rings. The Bertz CT molecular complexity index is 825. The van der Waals surface area contributed by atoms with Crippen LogP contribution in [0.5, 0.6) is 11.5 Å². The molecule has 0 atom stereocenters. The van der Waals surface area contributed by atoms with Crippen LogP contribution in [0.25, 0.3) is 0 Å². The molecular formula is C20H20N2O2. The number of nitrogen functional groups attached to an aromatic ring is 2. The number of nitrogens with two attached hydrogens (primary N) is 2. The molecule has 0 heterocycles. The van der Waals surface area contributed by atoms with Crippen molar-refractivity contribution in [3.63, 3.8) is 0 Å². The Kier molecular flexibility index (Phi) is 3.81. The van der Waals surface area contributed by atoms with E-state index in [0.29, 0.717) is 11.4 Å². The number of hydrogen-bond donors (Lipinski definition) is 4. The van der Waals surface area contributed by atoms with Crippen molar-refractivity contribution in [1.82, 2.24) is 0 Å². The Morgan fingerprint density at radius 1 is 0.667 bits per heavy atom. The Morgan fingerprint density at radius 2 is 1.12 bits per heavy atom. The molecule has 3 rings (SSSR count). The van der Waals surface area contributed by atoms with E-state index in [1.807, 2.05) is 49.4 Å². The lowest BCUT2D eigenvalue weighted by molar-refractivity contribution is 0.474. The Labute approximate surface area is 141 Å². The first-order chi connectivity index (χ1) is 11.5. The third kappa shape index (κ3) is 2.33. The number of para-hydroxylation sites is 2. The van der Waals surface area contributed by atoms with Crippen LogP contribution >= 0.6 is 0 Å². The third-order valence-electron chi connectivity index (χ3n) is 4.59. The largest absolute Gasteiger partial charge is 0.506 e. The third-order valence-corrected chi connectivity index (χ3v) is 4.59. The lowest BCUT2D eigenvalue weighted by atomic mass is 9.70. The molecule has 0 spiro atoms. The first kappa shape index (κ1) is 15.7. The van der Waals surface area contributed by atoms with Crippen LogP contribution in [0.2, 0.25) is 0 Å². The molecule has 4 heteroatoms. The summed E-state index contributed by atoms with van der Waals surface area (Å²) in [6.45, 7) is 1.98. The lowest BCUT2D eigenvalue weighted by Crippen LogP contribution is -2.27. The molecule has 122 valence electrons. The van der Waals surface area contributed by atoms with Gasteiger partial charge in [-0.15, -0.1) is 0 Å². The molecule has 0 fully saturated rings. The Morgan fingerprint density at radius 3 is 1.58 bits per heavy atom. The minimum absolute atomic E-state index is 0.0216. The maximum absolute atomic E-state index is 10.1. The maximum Gasteiger partial charge on any atom is 0.138 e. The fourth-order valence-corrected chi connectivity index (χ4v) is 3.21. The summed E-state index contributed by atoms with van der Waals surface area (Å²) in [5, 5.41) is 20.2. The molecular weight excluding hydrogens is 300 g/mol. The van der Waals surface area contributed by atoms with E-state index in [9.17, 15) is 10.2 Å². The fraction of sp³-hybridized carbons (Fsp3) is 0.100. The first-order valence-corrected chi connectivity index (χ1v) is 7.67. The molecule has 3 aromatic rings. The van der Waals surface area contributed by atoms with E-state index >= 15 is 0 Å². The average molecular weight is 320 g/mol. The standard InChI is InChI=1S/C20H20N2O2/c1-20(13-7-3-2-4-8-13,14-9-5-11-16(23)18(14)21)15-10-6-12-17(24)19(15)22/h2-12,23-24H,21-22H2,1H3. The van der Waals surface area contributed by atoms with Gasteiger partial charge in [-0.25, -0.2) is 0 Å². The number of aromatic hydroxyl groups is 2.